The topological polar surface area (TPSA) is 59.6 Å². The molecule has 0 fully saturated rings. The SMILES string of the molecule is CCOCn1c(Br)cnc1C=NO. The number of aromatic nitrogens is 2. The molecule has 1 N–H and O–H groups in total. The van der Waals surface area contributed by atoms with Crippen molar-refractivity contribution in [3.63, 3.8) is 0 Å². The van der Waals surface area contributed by atoms with Gasteiger partial charge in [0.05, 0.1) is 6.20 Å². The Morgan fingerprint density at radius 3 is 3.23 bits per heavy atom. The van der Waals surface area contributed by atoms with Crippen LogP contribution >= 0.6 is 15.9 Å². The van der Waals surface area contributed by atoms with Gasteiger partial charge in [-0.25, -0.2) is 4.98 Å². The van der Waals surface area contributed by atoms with Gasteiger partial charge in [-0.3, -0.25) is 4.57 Å². The van der Waals surface area contributed by atoms with Crippen LogP contribution in [0.5, 0.6) is 0 Å². The first kappa shape index (κ1) is 10.2. The fourth-order valence-electron chi connectivity index (χ4n) is 0.833. The lowest BCUT2D eigenvalue weighted by molar-refractivity contribution is 0.0860. The van der Waals surface area contributed by atoms with Gasteiger partial charge in [-0.05, 0) is 22.9 Å². The minimum absolute atomic E-state index is 0.387. The van der Waals surface area contributed by atoms with E-state index in [0.717, 1.165) is 4.60 Å². The predicted molar refractivity (Wildman–Crippen MR) is 50.9 cm³/mol. The summed E-state index contributed by atoms with van der Waals surface area (Å²) in [6.45, 7) is 2.92. The summed E-state index contributed by atoms with van der Waals surface area (Å²) in [4.78, 5) is 3.99. The molecule has 0 amide bonds. The van der Waals surface area contributed by atoms with Crippen molar-refractivity contribution in [2.45, 2.75) is 13.7 Å². The fourth-order valence-corrected chi connectivity index (χ4v) is 1.22. The molecule has 1 aromatic heterocycles. The number of oxime groups is 1. The Kier molecular flexibility index (Phi) is 3.91. The molecular formula is C7H10BrN3O2. The maximum absolute atomic E-state index is 8.34. The van der Waals surface area contributed by atoms with Crippen molar-refractivity contribution in [1.82, 2.24) is 9.55 Å². The van der Waals surface area contributed by atoms with Crippen LogP contribution < -0.4 is 0 Å². The molecule has 0 radical (unpaired) electrons. The zero-order valence-electron chi connectivity index (χ0n) is 7.14. The Morgan fingerprint density at radius 1 is 1.85 bits per heavy atom. The molecule has 1 aromatic rings. The number of hydrogen-bond donors (Lipinski definition) is 1. The molecule has 72 valence electrons. The highest BCUT2D eigenvalue weighted by Crippen LogP contribution is 2.11. The third kappa shape index (κ3) is 2.53. The molecular weight excluding hydrogens is 238 g/mol. The first-order valence-electron chi connectivity index (χ1n) is 3.75. The summed E-state index contributed by atoms with van der Waals surface area (Å²) in [6.07, 6.45) is 2.87. The smallest absolute Gasteiger partial charge is 0.157 e. The van der Waals surface area contributed by atoms with E-state index in [1.807, 2.05) is 6.92 Å². The molecule has 0 aromatic carbocycles. The Balaban J connectivity index is 2.81. The second-order valence-corrected chi connectivity index (χ2v) is 3.05. The first-order valence-corrected chi connectivity index (χ1v) is 4.55. The molecule has 0 aliphatic rings. The monoisotopic (exact) mass is 247 g/mol. The number of nitrogens with zero attached hydrogens (tertiary/aromatic N) is 3. The highest BCUT2D eigenvalue weighted by atomic mass is 79.9. The summed E-state index contributed by atoms with van der Waals surface area (Å²) in [5, 5.41) is 11.2. The minimum atomic E-state index is 0.387. The molecule has 1 heterocycles. The molecule has 0 saturated carbocycles. The van der Waals surface area contributed by atoms with Crippen molar-refractivity contribution >= 4 is 22.1 Å². The largest absolute Gasteiger partial charge is 0.411 e. The molecule has 0 bridgehead atoms. The van der Waals surface area contributed by atoms with Crippen molar-refractivity contribution in [1.29, 1.82) is 0 Å². The summed E-state index contributed by atoms with van der Waals surface area (Å²) in [7, 11) is 0. The van der Waals surface area contributed by atoms with Gasteiger partial charge in [-0.1, -0.05) is 5.16 Å². The van der Waals surface area contributed by atoms with Gasteiger partial charge in [0.1, 0.15) is 17.5 Å². The van der Waals surface area contributed by atoms with E-state index in [-0.39, 0.29) is 0 Å². The summed E-state index contributed by atoms with van der Waals surface area (Å²) in [5.74, 6) is 0.544. The van der Waals surface area contributed by atoms with E-state index in [2.05, 4.69) is 26.1 Å². The van der Waals surface area contributed by atoms with Gasteiger partial charge in [-0.15, -0.1) is 0 Å². The second kappa shape index (κ2) is 4.98. The summed E-state index contributed by atoms with van der Waals surface area (Å²) >= 11 is 3.29. The lowest BCUT2D eigenvalue weighted by Crippen LogP contribution is -2.06. The van der Waals surface area contributed by atoms with Gasteiger partial charge in [-0.2, -0.15) is 0 Å². The van der Waals surface area contributed by atoms with Crippen molar-refractivity contribution in [2.75, 3.05) is 6.61 Å². The van der Waals surface area contributed by atoms with Crippen LogP contribution in [-0.4, -0.2) is 27.6 Å². The summed E-state index contributed by atoms with van der Waals surface area (Å²) in [6, 6.07) is 0. The van der Waals surface area contributed by atoms with E-state index in [4.69, 9.17) is 9.94 Å². The van der Waals surface area contributed by atoms with Crippen molar-refractivity contribution in [3.8, 4) is 0 Å². The predicted octanol–water partition coefficient (Wildman–Crippen LogP) is 1.45. The molecule has 0 spiro atoms. The lowest BCUT2D eigenvalue weighted by atomic mass is 10.6. The van der Waals surface area contributed by atoms with Crippen LogP contribution in [-0.2, 0) is 11.5 Å². The summed E-state index contributed by atoms with van der Waals surface area (Å²) < 4.78 is 7.72. The van der Waals surface area contributed by atoms with E-state index < -0.39 is 0 Å². The zero-order chi connectivity index (χ0) is 9.68. The average molecular weight is 248 g/mol. The van der Waals surface area contributed by atoms with Crippen LogP contribution in [0.3, 0.4) is 0 Å². The number of hydrogen-bond acceptors (Lipinski definition) is 4. The Labute approximate surface area is 84.2 Å². The van der Waals surface area contributed by atoms with Crippen LogP contribution in [0.4, 0.5) is 0 Å². The molecule has 13 heavy (non-hydrogen) atoms. The molecule has 0 aliphatic carbocycles. The van der Waals surface area contributed by atoms with Gasteiger partial charge in [0, 0.05) is 6.61 Å². The van der Waals surface area contributed by atoms with Crippen LogP contribution in [0.15, 0.2) is 16.0 Å². The van der Waals surface area contributed by atoms with Gasteiger partial charge in [0.25, 0.3) is 0 Å². The van der Waals surface area contributed by atoms with E-state index in [1.54, 1.807) is 10.8 Å². The minimum Gasteiger partial charge on any atom is -0.411 e. The number of halogens is 1. The van der Waals surface area contributed by atoms with Crippen molar-refractivity contribution < 1.29 is 9.94 Å². The quantitative estimate of drug-likeness (QED) is 0.498. The third-order valence-corrected chi connectivity index (χ3v) is 2.07. The van der Waals surface area contributed by atoms with Crippen molar-refractivity contribution in [3.05, 3.63) is 16.6 Å². The van der Waals surface area contributed by atoms with Gasteiger partial charge < -0.3 is 9.94 Å². The molecule has 1 rings (SSSR count). The Hall–Kier alpha value is -0.880. The van der Waals surface area contributed by atoms with Crippen LogP contribution in [0, 0.1) is 0 Å². The number of ether oxygens (including phenoxy) is 1. The number of imidazole rings is 1. The fraction of sp³-hybridized carbons (Fsp3) is 0.429. The standard InChI is InChI=1S/C7H10BrN3O2/c1-2-13-5-11-6(8)3-9-7(11)4-10-12/h3-4,12H,2,5H2,1H3. The van der Waals surface area contributed by atoms with E-state index >= 15 is 0 Å². The van der Waals surface area contributed by atoms with Crippen molar-refractivity contribution in [2.24, 2.45) is 5.16 Å². The highest BCUT2D eigenvalue weighted by molar-refractivity contribution is 9.10. The third-order valence-electron chi connectivity index (χ3n) is 1.44. The average Bonchev–Trinajstić information content (AvgIpc) is 2.45. The summed E-state index contributed by atoms with van der Waals surface area (Å²) in [5.41, 5.74) is 0. The molecule has 0 aliphatic heterocycles. The molecule has 0 unspecified atom stereocenters. The molecule has 0 saturated heterocycles. The zero-order valence-corrected chi connectivity index (χ0v) is 8.73. The highest BCUT2D eigenvalue weighted by Gasteiger charge is 2.04. The molecule has 6 heteroatoms. The first-order chi connectivity index (χ1) is 6.29. The van der Waals surface area contributed by atoms with Gasteiger partial charge in [0.15, 0.2) is 5.82 Å². The Morgan fingerprint density at radius 2 is 2.62 bits per heavy atom. The van der Waals surface area contributed by atoms with Crippen LogP contribution in [0.25, 0.3) is 0 Å². The van der Waals surface area contributed by atoms with Crippen LogP contribution in [0.1, 0.15) is 12.7 Å². The van der Waals surface area contributed by atoms with E-state index in [1.165, 1.54) is 6.21 Å². The van der Waals surface area contributed by atoms with Gasteiger partial charge in [0.2, 0.25) is 0 Å². The number of rotatable bonds is 4. The van der Waals surface area contributed by atoms with E-state index in [9.17, 15) is 0 Å². The maximum atomic E-state index is 8.34. The Bertz CT molecular complexity index is 298. The van der Waals surface area contributed by atoms with E-state index in [0.29, 0.717) is 19.2 Å². The maximum Gasteiger partial charge on any atom is 0.157 e. The normalized spacial score (nSPS) is 11.2. The van der Waals surface area contributed by atoms with Gasteiger partial charge >= 0.3 is 0 Å². The van der Waals surface area contributed by atoms with Crippen LogP contribution in [0.2, 0.25) is 0 Å². The lowest BCUT2D eigenvalue weighted by Gasteiger charge is -2.05. The second-order valence-electron chi connectivity index (χ2n) is 2.23. The molecule has 0 atom stereocenters. The molecule has 5 nitrogen and oxygen atoms in total.